The van der Waals surface area contributed by atoms with Crippen LogP contribution in [0.25, 0.3) is 0 Å². The van der Waals surface area contributed by atoms with E-state index < -0.39 is 0 Å². The number of amides is 2. The van der Waals surface area contributed by atoms with E-state index >= 15 is 0 Å². The van der Waals surface area contributed by atoms with E-state index in [1.807, 2.05) is 0 Å². The van der Waals surface area contributed by atoms with E-state index in [4.69, 9.17) is 28.3 Å². The highest BCUT2D eigenvalue weighted by atomic mass is 35.5. The lowest BCUT2D eigenvalue weighted by atomic mass is 10.2. The van der Waals surface area contributed by atoms with Crippen molar-refractivity contribution in [1.82, 2.24) is 10.7 Å². The van der Waals surface area contributed by atoms with Crippen molar-refractivity contribution in [2.45, 2.75) is 6.42 Å². The molecule has 0 atom stereocenters. The van der Waals surface area contributed by atoms with Crippen LogP contribution in [0.15, 0.2) is 47.6 Å². The Morgan fingerprint density at radius 2 is 1.80 bits per heavy atom. The SMILES string of the molecule is O=C(CCNC(=O)c1ccc(Cl)c(Cl)c1)NN=Cc1ccc(O)cc1. The summed E-state index contributed by atoms with van der Waals surface area (Å²) in [4.78, 5) is 23.6. The predicted octanol–water partition coefficient (Wildman–Crippen LogP) is 2.97. The molecule has 0 saturated heterocycles. The molecule has 2 amide bonds. The maximum atomic E-state index is 11.9. The smallest absolute Gasteiger partial charge is 0.251 e. The number of phenols is 1. The molecule has 6 nitrogen and oxygen atoms in total. The molecule has 0 aliphatic heterocycles. The number of hydrazone groups is 1. The molecule has 2 aromatic rings. The molecule has 2 aromatic carbocycles. The number of rotatable bonds is 6. The second-order valence-electron chi connectivity index (χ2n) is 5.02. The Balaban J connectivity index is 1.73. The molecule has 130 valence electrons. The third kappa shape index (κ3) is 6.10. The predicted molar refractivity (Wildman–Crippen MR) is 97.3 cm³/mol. The number of hydrogen-bond acceptors (Lipinski definition) is 4. The summed E-state index contributed by atoms with van der Waals surface area (Å²) in [6.45, 7) is 0.152. The lowest BCUT2D eigenvalue weighted by Crippen LogP contribution is -2.29. The molecule has 25 heavy (non-hydrogen) atoms. The standard InChI is InChI=1S/C17H15Cl2N3O3/c18-14-6-3-12(9-15(14)19)17(25)20-8-7-16(24)22-21-10-11-1-4-13(23)5-2-11/h1-6,9-10,23H,7-8H2,(H,20,25)(H,22,24). The van der Waals surface area contributed by atoms with Crippen molar-refractivity contribution in [3.8, 4) is 5.75 Å². The van der Waals surface area contributed by atoms with Crippen molar-refractivity contribution in [2.24, 2.45) is 5.10 Å². The maximum Gasteiger partial charge on any atom is 0.251 e. The third-order valence-corrected chi connectivity index (χ3v) is 3.85. The molecule has 0 spiro atoms. The van der Waals surface area contributed by atoms with Gasteiger partial charge in [0.2, 0.25) is 5.91 Å². The van der Waals surface area contributed by atoms with Gasteiger partial charge in [-0.05, 0) is 48.0 Å². The second kappa shape index (κ2) is 9.05. The number of benzene rings is 2. The molecule has 8 heteroatoms. The molecule has 0 saturated carbocycles. The Morgan fingerprint density at radius 1 is 1.08 bits per heavy atom. The van der Waals surface area contributed by atoms with Gasteiger partial charge in [0.15, 0.2) is 0 Å². The zero-order valence-corrected chi connectivity index (χ0v) is 14.5. The molecule has 0 unspecified atom stereocenters. The van der Waals surface area contributed by atoms with Gasteiger partial charge in [0.1, 0.15) is 5.75 Å². The van der Waals surface area contributed by atoms with E-state index in [2.05, 4.69) is 15.8 Å². The fourth-order valence-electron chi connectivity index (χ4n) is 1.82. The van der Waals surface area contributed by atoms with Crippen LogP contribution >= 0.6 is 23.2 Å². The summed E-state index contributed by atoms with van der Waals surface area (Å²) >= 11 is 11.6. The van der Waals surface area contributed by atoms with Crippen LogP contribution in [-0.2, 0) is 4.79 Å². The largest absolute Gasteiger partial charge is 0.508 e. The van der Waals surface area contributed by atoms with Crippen molar-refractivity contribution >= 4 is 41.2 Å². The number of phenolic OH excluding ortho intramolecular Hbond substituents is 1. The van der Waals surface area contributed by atoms with Crippen molar-refractivity contribution < 1.29 is 14.7 Å². The normalized spacial score (nSPS) is 10.6. The van der Waals surface area contributed by atoms with E-state index in [0.717, 1.165) is 5.56 Å². The zero-order valence-electron chi connectivity index (χ0n) is 13.0. The molecule has 0 aliphatic rings. The lowest BCUT2D eigenvalue weighted by Gasteiger charge is -2.05. The van der Waals surface area contributed by atoms with E-state index in [1.54, 1.807) is 18.2 Å². The fourth-order valence-corrected chi connectivity index (χ4v) is 2.12. The Labute approximate surface area is 154 Å². The van der Waals surface area contributed by atoms with Crippen LogP contribution in [0.1, 0.15) is 22.3 Å². The number of halogens is 2. The van der Waals surface area contributed by atoms with Crippen LogP contribution in [0.2, 0.25) is 10.0 Å². The Kier molecular flexibility index (Phi) is 6.80. The van der Waals surface area contributed by atoms with Crippen LogP contribution in [-0.4, -0.2) is 29.7 Å². The Bertz CT molecular complexity index is 792. The average Bonchev–Trinajstić information content (AvgIpc) is 2.59. The van der Waals surface area contributed by atoms with Crippen LogP contribution < -0.4 is 10.7 Å². The summed E-state index contributed by atoms with van der Waals surface area (Å²) in [5, 5.41) is 16.2. The number of carbonyl (C=O) groups excluding carboxylic acids is 2. The fraction of sp³-hybridized carbons (Fsp3) is 0.118. The zero-order chi connectivity index (χ0) is 18.2. The van der Waals surface area contributed by atoms with Gasteiger partial charge in [0.05, 0.1) is 16.3 Å². The summed E-state index contributed by atoms with van der Waals surface area (Å²) in [5.41, 5.74) is 3.44. The molecule has 0 radical (unpaired) electrons. The lowest BCUT2D eigenvalue weighted by molar-refractivity contribution is -0.120. The monoisotopic (exact) mass is 379 g/mol. The van der Waals surface area contributed by atoms with Crippen LogP contribution in [0.3, 0.4) is 0 Å². The van der Waals surface area contributed by atoms with Crippen molar-refractivity contribution in [3.05, 3.63) is 63.6 Å². The number of carbonyl (C=O) groups is 2. The number of nitrogens with one attached hydrogen (secondary N) is 2. The molecule has 2 rings (SSSR count). The Morgan fingerprint density at radius 3 is 2.48 bits per heavy atom. The van der Waals surface area contributed by atoms with Crippen LogP contribution in [0.5, 0.6) is 5.75 Å². The van der Waals surface area contributed by atoms with Gasteiger partial charge in [0, 0.05) is 18.5 Å². The number of aromatic hydroxyl groups is 1. The van der Waals surface area contributed by atoms with E-state index in [-0.39, 0.29) is 35.6 Å². The van der Waals surface area contributed by atoms with Gasteiger partial charge >= 0.3 is 0 Å². The first kappa shape index (κ1) is 18.8. The highest BCUT2D eigenvalue weighted by molar-refractivity contribution is 6.42. The average molecular weight is 380 g/mol. The molecule has 3 N–H and O–H groups in total. The second-order valence-corrected chi connectivity index (χ2v) is 5.83. The molecule has 0 aliphatic carbocycles. The maximum absolute atomic E-state index is 11.9. The molecule has 0 fully saturated rings. The molecule has 0 bridgehead atoms. The van der Waals surface area contributed by atoms with Gasteiger partial charge in [-0.15, -0.1) is 0 Å². The Hall–Kier alpha value is -2.57. The minimum Gasteiger partial charge on any atom is -0.508 e. The van der Waals surface area contributed by atoms with Gasteiger partial charge in [-0.2, -0.15) is 5.10 Å². The highest BCUT2D eigenvalue weighted by Crippen LogP contribution is 2.22. The van der Waals surface area contributed by atoms with E-state index in [9.17, 15) is 9.59 Å². The first-order valence-electron chi connectivity index (χ1n) is 7.30. The van der Waals surface area contributed by atoms with Gasteiger partial charge in [0.25, 0.3) is 5.91 Å². The van der Waals surface area contributed by atoms with Crippen LogP contribution in [0, 0.1) is 0 Å². The summed E-state index contributed by atoms with van der Waals surface area (Å²) in [6.07, 6.45) is 1.52. The summed E-state index contributed by atoms with van der Waals surface area (Å²) in [6, 6.07) is 10.9. The van der Waals surface area contributed by atoms with Gasteiger partial charge in [-0.1, -0.05) is 23.2 Å². The van der Waals surface area contributed by atoms with Crippen molar-refractivity contribution in [2.75, 3.05) is 6.54 Å². The first-order valence-corrected chi connectivity index (χ1v) is 8.05. The minimum absolute atomic E-state index is 0.0694. The molecule has 0 heterocycles. The van der Waals surface area contributed by atoms with Crippen molar-refractivity contribution in [3.63, 3.8) is 0 Å². The topological polar surface area (TPSA) is 90.8 Å². The quantitative estimate of drug-likeness (QED) is 0.532. The summed E-state index contributed by atoms with van der Waals surface area (Å²) < 4.78 is 0. The van der Waals surface area contributed by atoms with E-state index in [0.29, 0.717) is 10.6 Å². The molecular weight excluding hydrogens is 365 g/mol. The van der Waals surface area contributed by atoms with Gasteiger partial charge < -0.3 is 10.4 Å². The van der Waals surface area contributed by atoms with Gasteiger partial charge in [-0.25, -0.2) is 5.43 Å². The minimum atomic E-state index is -0.348. The molecule has 0 aromatic heterocycles. The summed E-state index contributed by atoms with van der Waals surface area (Å²) in [7, 11) is 0. The summed E-state index contributed by atoms with van der Waals surface area (Å²) in [5.74, 6) is -0.540. The first-order chi connectivity index (χ1) is 12.0. The number of hydrogen-bond donors (Lipinski definition) is 3. The number of nitrogens with zero attached hydrogens (tertiary/aromatic N) is 1. The van der Waals surface area contributed by atoms with Crippen LogP contribution in [0.4, 0.5) is 0 Å². The van der Waals surface area contributed by atoms with Gasteiger partial charge in [-0.3, -0.25) is 9.59 Å². The van der Waals surface area contributed by atoms with E-state index in [1.165, 1.54) is 30.5 Å². The molecular formula is C17H15Cl2N3O3. The highest BCUT2D eigenvalue weighted by Gasteiger charge is 2.08. The van der Waals surface area contributed by atoms with Crippen molar-refractivity contribution in [1.29, 1.82) is 0 Å². The third-order valence-electron chi connectivity index (χ3n) is 3.12.